The molecule has 0 saturated heterocycles. The van der Waals surface area contributed by atoms with Crippen LogP contribution < -0.4 is 4.90 Å². The van der Waals surface area contributed by atoms with Crippen LogP contribution in [0.25, 0.3) is 33.4 Å². The van der Waals surface area contributed by atoms with Gasteiger partial charge in [0, 0.05) is 17.3 Å². The standard InChI is InChI=1S/C44H31N/c1-3-12-30(13-4-1)31-15-9-18-35(26-31)45(34-16-5-2-6-17-34)36-24-25-38-33(27-36)29-44-40(38)21-11-23-42(44)41-22-10-20-39-37-19-8-7-14-32(37)28-43(39)41/h1-23,26-27,33,38H,28-29H2. The van der Waals surface area contributed by atoms with E-state index in [1.54, 1.807) is 0 Å². The lowest BCUT2D eigenvalue weighted by Gasteiger charge is -2.28. The Morgan fingerprint density at radius 1 is 0.533 bits per heavy atom. The summed E-state index contributed by atoms with van der Waals surface area (Å²) in [6, 6.07) is 52.7. The Labute approximate surface area is 265 Å². The molecule has 0 radical (unpaired) electrons. The van der Waals surface area contributed by atoms with E-state index in [0.29, 0.717) is 5.92 Å². The zero-order valence-corrected chi connectivity index (χ0v) is 24.9. The number of hydrogen-bond acceptors (Lipinski definition) is 1. The van der Waals surface area contributed by atoms with E-state index in [1.165, 1.54) is 55.6 Å². The van der Waals surface area contributed by atoms with Crippen molar-refractivity contribution in [2.45, 2.75) is 18.8 Å². The van der Waals surface area contributed by atoms with Gasteiger partial charge in [-0.15, -0.1) is 0 Å². The highest BCUT2D eigenvalue weighted by Crippen LogP contribution is 2.48. The molecular formula is C44H31N. The Bertz CT molecular complexity index is 2180. The average Bonchev–Trinajstić information content (AvgIpc) is 3.68. The molecule has 3 aliphatic rings. The molecule has 0 amide bonds. The summed E-state index contributed by atoms with van der Waals surface area (Å²) in [5, 5.41) is 0. The Kier molecular flexibility index (Phi) is 6.06. The van der Waals surface area contributed by atoms with Crippen LogP contribution in [0, 0.1) is 17.8 Å². The molecule has 0 N–H and O–H groups in total. The summed E-state index contributed by atoms with van der Waals surface area (Å²) in [6.07, 6.45) is 4.44. The molecule has 2 unspecified atom stereocenters. The molecule has 2 atom stereocenters. The first-order valence-electron chi connectivity index (χ1n) is 15.9. The van der Waals surface area contributed by atoms with E-state index in [2.05, 4.69) is 168 Å². The van der Waals surface area contributed by atoms with E-state index in [4.69, 9.17) is 0 Å². The molecule has 0 aliphatic heterocycles. The monoisotopic (exact) mass is 573 g/mol. The fraction of sp³-hybridized carbons (Fsp3) is 0.0909. The first kappa shape index (κ1) is 25.9. The molecule has 0 heterocycles. The molecule has 212 valence electrons. The second-order valence-corrected chi connectivity index (χ2v) is 12.3. The zero-order valence-electron chi connectivity index (χ0n) is 24.9. The van der Waals surface area contributed by atoms with Gasteiger partial charge in [-0.25, -0.2) is 0 Å². The molecule has 6 aromatic carbocycles. The van der Waals surface area contributed by atoms with Gasteiger partial charge in [-0.05, 0) is 105 Å². The normalized spacial score (nSPS) is 16.8. The second kappa shape index (κ2) is 10.5. The Hall–Kier alpha value is -5.58. The van der Waals surface area contributed by atoms with E-state index < -0.39 is 0 Å². The minimum absolute atomic E-state index is 0.214. The van der Waals surface area contributed by atoms with Gasteiger partial charge in [0.25, 0.3) is 0 Å². The highest BCUT2D eigenvalue weighted by molar-refractivity contribution is 5.86. The lowest BCUT2D eigenvalue weighted by atomic mass is 9.88. The van der Waals surface area contributed by atoms with E-state index in [0.717, 1.165) is 29.9 Å². The third kappa shape index (κ3) is 4.34. The van der Waals surface area contributed by atoms with Crippen LogP contribution in [0.5, 0.6) is 0 Å². The average molecular weight is 574 g/mol. The summed E-state index contributed by atoms with van der Waals surface area (Å²) >= 11 is 0. The maximum atomic E-state index is 3.74. The van der Waals surface area contributed by atoms with Crippen molar-refractivity contribution in [3.05, 3.63) is 180 Å². The molecule has 0 bridgehead atoms. The fourth-order valence-corrected chi connectivity index (χ4v) is 7.70. The molecule has 3 aliphatic carbocycles. The topological polar surface area (TPSA) is 3.24 Å². The van der Waals surface area contributed by atoms with Crippen LogP contribution in [0.3, 0.4) is 0 Å². The van der Waals surface area contributed by atoms with Crippen molar-refractivity contribution in [1.29, 1.82) is 0 Å². The smallest absolute Gasteiger partial charge is 0.0933 e. The lowest BCUT2D eigenvalue weighted by molar-refractivity contribution is 0.641. The summed E-state index contributed by atoms with van der Waals surface area (Å²) < 4.78 is 0. The van der Waals surface area contributed by atoms with Gasteiger partial charge in [-0.2, -0.15) is 0 Å². The SMILES string of the molecule is C1#CC2c3cccc(-c4cccc5c4Cc4ccccc4-5)c3CC2C=C1N(c1ccccc1)c1cccc(-c2ccccc2)c1. The summed E-state index contributed by atoms with van der Waals surface area (Å²) in [6.45, 7) is 0. The number of benzene rings is 6. The van der Waals surface area contributed by atoms with Crippen LogP contribution in [0.15, 0.2) is 157 Å². The summed E-state index contributed by atoms with van der Waals surface area (Å²) in [5.74, 6) is 7.92. The van der Waals surface area contributed by atoms with Crippen LogP contribution in [-0.2, 0) is 12.8 Å². The van der Waals surface area contributed by atoms with Crippen molar-refractivity contribution in [2.24, 2.45) is 5.92 Å². The molecule has 9 rings (SSSR count). The molecule has 1 nitrogen and oxygen atoms in total. The van der Waals surface area contributed by atoms with Gasteiger partial charge in [0.05, 0.1) is 11.6 Å². The highest BCUT2D eigenvalue weighted by Gasteiger charge is 2.35. The predicted molar refractivity (Wildman–Crippen MR) is 186 cm³/mol. The highest BCUT2D eigenvalue weighted by atomic mass is 15.1. The number of para-hydroxylation sites is 1. The largest absolute Gasteiger partial charge is 0.303 e. The van der Waals surface area contributed by atoms with Gasteiger partial charge in [0.15, 0.2) is 0 Å². The number of anilines is 2. The molecule has 0 saturated carbocycles. The van der Waals surface area contributed by atoms with Crippen LogP contribution in [-0.4, -0.2) is 0 Å². The van der Waals surface area contributed by atoms with Gasteiger partial charge in [-0.3, -0.25) is 0 Å². The van der Waals surface area contributed by atoms with Gasteiger partial charge < -0.3 is 4.90 Å². The van der Waals surface area contributed by atoms with Crippen molar-refractivity contribution in [1.82, 2.24) is 0 Å². The van der Waals surface area contributed by atoms with Crippen molar-refractivity contribution < 1.29 is 0 Å². The third-order valence-electron chi connectivity index (χ3n) is 9.75. The molecule has 45 heavy (non-hydrogen) atoms. The van der Waals surface area contributed by atoms with Crippen molar-refractivity contribution in [3.63, 3.8) is 0 Å². The lowest BCUT2D eigenvalue weighted by Crippen LogP contribution is -2.20. The van der Waals surface area contributed by atoms with E-state index in [1.807, 2.05) is 0 Å². The molecule has 0 aromatic heterocycles. The Morgan fingerprint density at radius 2 is 1.16 bits per heavy atom. The molecule has 6 aromatic rings. The quantitative estimate of drug-likeness (QED) is 0.185. The zero-order chi connectivity index (χ0) is 29.7. The van der Waals surface area contributed by atoms with Gasteiger partial charge in [0.1, 0.15) is 0 Å². The minimum atomic E-state index is 0.214. The number of allylic oxidation sites excluding steroid dienone is 2. The third-order valence-corrected chi connectivity index (χ3v) is 9.75. The number of nitrogens with zero attached hydrogens (tertiary/aromatic N) is 1. The minimum Gasteiger partial charge on any atom is -0.303 e. The van der Waals surface area contributed by atoms with Crippen LogP contribution in [0.1, 0.15) is 28.2 Å². The molecule has 0 spiro atoms. The van der Waals surface area contributed by atoms with E-state index in [9.17, 15) is 0 Å². The summed E-state index contributed by atoms with van der Waals surface area (Å²) in [5.41, 5.74) is 17.0. The maximum Gasteiger partial charge on any atom is 0.0933 e. The van der Waals surface area contributed by atoms with Crippen molar-refractivity contribution in [3.8, 4) is 45.2 Å². The number of fused-ring (bicyclic) bond motifs is 6. The van der Waals surface area contributed by atoms with E-state index >= 15 is 0 Å². The Balaban J connectivity index is 1.11. The van der Waals surface area contributed by atoms with Gasteiger partial charge in [-0.1, -0.05) is 127 Å². The first-order chi connectivity index (χ1) is 22.3. The predicted octanol–water partition coefficient (Wildman–Crippen LogP) is 10.6. The molecular weight excluding hydrogens is 542 g/mol. The first-order valence-corrected chi connectivity index (χ1v) is 15.9. The van der Waals surface area contributed by atoms with E-state index in [-0.39, 0.29) is 5.92 Å². The molecule has 0 fully saturated rings. The second-order valence-electron chi connectivity index (χ2n) is 12.3. The van der Waals surface area contributed by atoms with Crippen molar-refractivity contribution in [2.75, 3.05) is 4.90 Å². The van der Waals surface area contributed by atoms with Gasteiger partial charge >= 0.3 is 0 Å². The van der Waals surface area contributed by atoms with Gasteiger partial charge in [0.2, 0.25) is 0 Å². The number of hydrogen-bond donors (Lipinski definition) is 0. The van der Waals surface area contributed by atoms with Crippen LogP contribution >= 0.6 is 0 Å². The van der Waals surface area contributed by atoms with Crippen LogP contribution in [0.4, 0.5) is 11.4 Å². The Morgan fingerprint density at radius 3 is 2.00 bits per heavy atom. The van der Waals surface area contributed by atoms with Crippen molar-refractivity contribution >= 4 is 11.4 Å². The summed E-state index contributed by atoms with van der Waals surface area (Å²) in [7, 11) is 0. The summed E-state index contributed by atoms with van der Waals surface area (Å²) in [4.78, 5) is 2.33. The number of rotatable bonds is 5. The fourth-order valence-electron chi connectivity index (χ4n) is 7.70. The molecule has 1 heteroatoms. The maximum absolute atomic E-state index is 3.74. The van der Waals surface area contributed by atoms with Crippen LogP contribution in [0.2, 0.25) is 0 Å².